The van der Waals surface area contributed by atoms with Gasteiger partial charge in [0.1, 0.15) is 11.4 Å². The molecule has 7 nitrogen and oxygen atoms in total. The minimum atomic E-state index is -0.690. The van der Waals surface area contributed by atoms with Crippen molar-refractivity contribution in [3.8, 4) is 5.75 Å². The molecule has 4 aromatic rings. The van der Waals surface area contributed by atoms with Gasteiger partial charge in [0.15, 0.2) is 5.79 Å². The van der Waals surface area contributed by atoms with Gasteiger partial charge in [0.2, 0.25) is 0 Å². The van der Waals surface area contributed by atoms with E-state index in [1.54, 1.807) is 4.90 Å². The molecule has 0 saturated carbocycles. The standard InChI is InChI=1S/C39H45NO6/c1-38(2,3)46-37(41)40-22-20-35(36(27-40)43-28-29-14-15-30-10-7-8-11-32(30)26-29)31-16-18-34(19-17-31)42-23-9-21-39(44-24-25-45-39)33-12-5-4-6-13-33/h4-8,10-19,26,35-36H,9,20-25,27-28H2,1-3H3. The van der Waals surface area contributed by atoms with E-state index >= 15 is 0 Å². The van der Waals surface area contributed by atoms with Gasteiger partial charge in [-0.1, -0.05) is 78.9 Å². The summed E-state index contributed by atoms with van der Waals surface area (Å²) in [5.74, 6) is 0.269. The molecule has 2 heterocycles. The summed E-state index contributed by atoms with van der Waals surface area (Å²) >= 11 is 0. The second-order valence-corrected chi connectivity index (χ2v) is 13.2. The summed E-state index contributed by atoms with van der Waals surface area (Å²) in [6.07, 6.45) is 1.83. The van der Waals surface area contributed by atoms with Crippen LogP contribution in [-0.4, -0.2) is 55.6 Å². The Hall–Kier alpha value is -3.91. The van der Waals surface area contributed by atoms with Crippen LogP contribution in [-0.2, 0) is 31.3 Å². The zero-order valence-corrected chi connectivity index (χ0v) is 27.2. The second-order valence-electron chi connectivity index (χ2n) is 13.2. The number of ether oxygens (including phenoxy) is 5. The first kappa shape index (κ1) is 32.0. The normalized spacial score (nSPS) is 19.7. The molecule has 0 radical (unpaired) electrons. The molecule has 2 unspecified atom stereocenters. The van der Waals surface area contributed by atoms with Gasteiger partial charge < -0.3 is 28.6 Å². The molecule has 0 spiro atoms. The lowest BCUT2D eigenvalue weighted by Crippen LogP contribution is -2.48. The highest BCUT2D eigenvalue weighted by Gasteiger charge is 2.38. The van der Waals surface area contributed by atoms with Crippen LogP contribution in [0.4, 0.5) is 4.79 Å². The number of piperidine rings is 1. The Morgan fingerprint density at radius 3 is 2.35 bits per heavy atom. The highest BCUT2D eigenvalue weighted by atomic mass is 16.7. The fourth-order valence-corrected chi connectivity index (χ4v) is 6.40. The van der Waals surface area contributed by atoms with Crippen LogP contribution in [0.15, 0.2) is 97.1 Å². The molecule has 4 aromatic carbocycles. The topological polar surface area (TPSA) is 66.5 Å². The summed E-state index contributed by atoms with van der Waals surface area (Å²) in [6.45, 7) is 8.99. The number of likely N-dealkylation sites (tertiary alicyclic amines) is 1. The van der Waals surface area contributed by atoms with Gasteiger partial charge in [0.05, 0.1) is 39.1 Å². The zero-order chi connectivity index (χ0) is 32.0. The largest absolute Gasteiger partial charge is 0.494 e. The molecule has 2 saturated heterocycles. The SMILES string of the molecule is CC(C)(C)OC(=O)N1CCC(c2ccc(OCCCC3(c4ccccc4)OCCO3)cc2)C(OCc2ccc3ccccc3c2)C1. The lowest BCUT2D eigenvalue weighted by atomic mass is 9.87. The molecule has 2 fully saturated rings. The maximum absolute atomic E-state index is 13.0. The maximum Gasteiger partial charge on any atom is 0.410 e. The predicted molar refractivity (Wildman–Crippen MR) is 179 cm³/mol. The molecular weight excluding hydrogens is 578 g/mol. The van der Waals surface area contributed by atoms with Crippen molar-refractivity contribution in [3.05, 3.63) is 114 Å². The van der Waals surface area contributed by atoms with Crippen LogP contribution in [0.25, 0.3) is 10.8 Å². The maximum atomic E-state index is 13.0. The molecule has 2 aliphatic heterocycles. The molecule has 0 N–H and O–H groups in total. The molecule has 1 amide bonds. The Morgan fingerprint density at radius 2 is 1.61 bits per heavy atom. The van der Waals surface area contributed by atoms with E-state index < -0.39 is 11.4 Å². The van der Waals surface area contributed by atoms with E-state index in [4.69, 9.17) is 23.7 Å². The van der Waals surface area contributed by atoms with Gasteiger partial charge in [-0.2, -0.15) is 0 Å². The van der Waals surface area contributed by atoms with E-state index in [0.717, 1.165) is 36.1 Å². The number of rotatable bonds is 10. The number of fused-ring (bicyclic) bond motifs is 1. The first-order chi connectivity index (χ1) is 22.3. The predicted octanol–water partition coefficient (Wildman–Crippen LogP) is 8.21. The highest BCUT2D eigenvalue weighted by molar-refractivity contribution is 5.82. The zero-order valence-electron chi connectivity index (χ0n) is 27.2. The minimum absolute atomic E-state index is 0.135. The van der Waals surface area contributed by atoms with Gasteiger partial charge >= 0.3 is 6.09 Å². The van der Waals surface area contributed by atoms with E-state index in [2.05, 4.69) is 60.7 Å². The number of carbonyl (C=O) groups excluding carboxylic acids is 1. The molecule has 7 heteroatoms. The number of amides is 1. The summed E-state index contributed by atoms with van der Waals surface area (Å²) in [7, 11) is 0. The number of hydrogen-bond donors (Lipinski definition) is 0. The average molecular weight is 624 g/mol. The Kier molecular flexibility index (Phi) is 9.92. The van der Waals surface area contributed by atoms with Gasteiger partial charge in [-0.3, -0.25) is 0 Å². The molecule has 2 atom stereocenters. The first-order valence-corrected chi connectivity index (χ1v) is 16.4. The van der Waals surface area contributed by atoms with E-state index in [-0.39, 0.29) is 18.1 Å². The fraction of sp³-hybridized carbons (Fsp3) is 0.410. The van der Waals surface area contributed by atoms with Crippen molar-refractivity contribution in [1.82, 2.24) is 4.90 Å². The van der Waals surface area contributed by atoms with Crippen molar-refractivity contribution >= 4 is 16.9 Å². The molecular formula is C39H45NO6. The van der Waals surface area contributed by atoms with E-state index in [9.17, 15) is 4.79 Å². The van der Waals surface area contributed by atoms with Crippen molar-refractivity contribution in [1.29, 1.82) is 0 Å². The lowest BCUT2D eigenvalue weighted by Gasteiger charge is -2.39. The summed E-state index contributed by atoms with van der Waals surface area (Å²) < 4.78 is 30.6. The second kappa shape index (κ2) is 14.2. The Labute approximate surface area is 272 Å². The van der Waals surface area contributed by atoms with Crippen LogP contribution in [0.3, 0.4) is 0 Å². The monoisotopic (exact) mass is 623 g/mol. The molecule has 0 bridgehead atoms. The van der Waals surface area contributed by atoms with E-state index in [1.165, 1.54) is 16.3 Å². The van der Waals surface area contributed by atoms with Crippen molar-refractivity contribution in [2.75, 3.05) is 32.9 Å². The lowest BCUT2D eigenvalue weighted by molar-refractivity contribution is -0.172. The molecule has 0 aromatic heterocycles. The average Bonchev–Trinajstić information content (AvgIpc) is 3.56. The van der Waals surface area contributed by atoms with E-state index in [1.807, 2.05) is 57.2 Å². The van der Waals surface area contributed by atoms with Gasteiger partial charge in [0, 0.05) is 24.4 Å². The van der Waals surface area contributed by atoms with Gasteiger partial charge in [-0.15, -0.1) is 0 Å². The van der Waals surface area contributed by atoms with Crippen LogP contribution in [0, 0.1) is 0 Å². The molecule has 6 rings (SSSR count). The number of carbonyl (C=O) groups is 1. The number of benzene rings is 4. The van der Waals surface area contributed by atoms with Crippen LogP contribution >= 0.6 is 0 Å². The smallest absolute Gasteiger partial charge is 0.410 e. The third kappa shape index (κ3) is 7.89. The first-order valence-electron chi connectivity index (χ1n) is 16.4. The highest BCUT2D eigenvalue weighted by Crippen LogP contribution is 2.36. The van der Waals surface area contributed by atoms with Gasteiger partial charge in [-0.25, -0.2) is 4.79 Å². The summed E-state index contributed by atoms with van der Waals surface area (Å²) in [5, 5.41) is 2.39. The van der Waals surface area contributed by atoms with E-state index in [0.29, 0.717) is 39.5 Å². The molecule has 46 heavy (non-hydrogen) atoms. The Balaban J connectivity index is 1.09. The van der Waals surface area contributed by atoms with Crippen LogP contribution < -0.4 is 4.74 Å². The van der Waals surface area contributed by atoms with Gasteiger partial charge in [-0.05, 0) is 73.7 Å². The van der Waals surface area contributed by atoms with Crippen LogP contribution in [0.2, 0.25) is 0 Å². The third-order valence-electron chi connectivity index (χ3n) is 8.68. The summed E-state index contributed by atoms with van der Waals surface area (Å²) in [6, 6.07) is 33.2. The van der Waals surface area contributed by atoms with Crippen molar-refractivity contribution < 1.29 is 28.5 Å². The third-order valence-corrected chi connectivity index (χ3v) is 8.68. The quantitative estimate of drug-likeness (QED) is 0.166. The van der Waals surface area contributed by atoms with Crippen LogP contribution in [0.5, 0.6) is 5.75 Å². The van der Waals surface area contributed by atoms with Gasteiger partial charge in [0.25, 0.3) is 0 Å². The van der Waals surface area contributed by atoms with Crippen LogP contribution in [0.1, 0.15) is 62.6 Å². The molecule has 2 aliphatic rings. The van der Waals surface area contributed by atoms with Crippen molar-refractivity contribution in [3.63, 3.8) is 0 Å². The number of nitrogens with zero attached hydrogens (tertiary/aromatic N) is 1. The summed E-state index contributed by atoms with van der Waals surface area (Å²) in [5.41, 5.74) is 2.78. The summed E-state index contributed by atoms with van der Waals surface area (Å²) in [4.78, 5) is 14.8. The Morgan fingerprint density at radius 1 is 0.891 bits per heavy atom. The van der Waals surface area contributed by atoms with Crippen molar-refractivity contribution in [2.24, 2.45) is 0 Å². The van der Waals surface area contributed by atoms with Crippen molar-refractivity contribution in [2.45, 2.75) is 70.1 Å². The fourth-order valence-electron chi connectivity index (χ4n) is 6.40. The Bertz CT molecular complexity index is 1580. The molecule has 242 valence electrons. The minimum Gasteiger partial charge on any atom is -0.494 e. The molecule has 0 aliphatic carbocycles. The number of hydrogen-bond acceptors (Lipinski definition) is 6.